The molecule has 2 aromatic rings. The van der Waals surface area contributed by atoms with Gasteiger partial charge in [0.2, 0.25) is 0 Å². The number of anilines is 1. The van der Waals surface area contributed by atoms with Gasteiger partial charge in [-0.1, -0.05) is 11.6 Å². The normalized spacial score (nSPS) is 18.4. The van der Waals surface area contributed by atoms with E-state index < -0.39 is 0 Å². The number of ether oxygens (including phenoxy) is 1. The van der Waals surface area contributed by atoms with E-state index in [-0.39, 0.29) is 11.8 Å². The van der Waals surface area contributed by atoms with Gasteiger partial charge in [0, 0.05) is 29.9 Å². The lowest BCUT2D eigenvalue weighted by Gasteiger charge is -2.31. The van der Waals surface area contributed by atoms with Crippen LogP contribution in [-0.4, -0.2) is 36.9 Å². The number of methoxy groups -OCH3 is 1. The summed E-state index contributed by atoms with van der Waals surface area (Å²) in [4.78, 5) is 29.9. The molecule has 0 bridgehead atoms. The van der Waals surface area contributed by atoms with Gasteiger partial charge in [-0.25, -0.2) is 4.90 Å². The summed E-state index contributed by atoms with van der Waals surface area (Å²) in [6, 6.07) is 12.0. The Balaban J connectivity index is 1.84. The highest BCUT2D eigenvalue weighted by atomic mass is 35.5. The van der Waals surface area contributed by atoms with E-state index in [9.17, 15) is 9.59 Å². The van der Waals surface area contributed by atoms with Gasteiger partial charge in [0.15, 0.2) is 0 Å². The molecule has 0 aliphatic carbocycles. The quantitative estimate of drug-likeness (QED) is 0.571. The number of halogens is 1. The van der Waals surface area contributed by atoms with Crippen molar-refractivity contribution >= 4 is 34.7 Å². The first-order chi connectivity index (χ1) is 13.6. The van der Waals surface area contributed by atoms with Crippen molar-refractivity contribution in [2.75, 3.05) is 25.1 Å². The zero-order valence-electron chi connectivity index (χ0n) is 15.7. The summed E-state index contributed by atoms with van der Waals surface area (Å²) in [6.45, 7) is 1.83. The largest absolute Gasteiger partial charge is 0.497 e. The Morgan fingerprint density at radius 3 is 2.32 bits per heavy atom. The first-order valence-electron chi connectivity index (χ1n) is 9.37. The third-order valence-corrected chi connectivity index (χ3v) is 5.42. The number of nitrogens with zero attached hydrogens (tertiary/aromatic N) is 2. The molecule has 0 spiro atoms. The van der Waals surface area contributed by atoms with Gasteiger partial charge in [0.1, 0.15) is 5.75 Å². The van der Waals surface area contributed by atoms with Gasteiger partial charge >= 0.3 is 0 Å². The van der Waals surface area contributed by atoms with Crippen LogP contribution in [-0.2, 0) is 4.79 Å². The molecule has 4 rings (SSSR count). The maximum atomic E-state index is 13.4. The summed E-state index contributed by atoms with van der Waals surface area (Å²) < 4.78 is 5.29. The number of piperidine rings is 1. The fraction of sp³-hybridized carbons (Fsp3) is 0.273. The molecular formula is C22H21ClN2O3. The summed E-state index contributed by atoms with van der Waals surface area (Å²) in [5, 5.41) is 0.548. The molecule has 0 N–H and O–H groups in total. The minimum Gasteiger partial charge on any atom is -0.497 e. The van der Waals surface area contributed by atoms with E-state index in [0.717, 1.165) is 25.9 Å². The molecule has 2 heterocycles. The van der Waals surface area contributed by atoms with Gasteiger partial charge < -0.3 is 9.64 Å². The SMILES string of the molecule is COc1ccc2c(c1)C(=O)N(c1ccc(Cl)cc1)C(=O)/C2=C/N1CCCCC1. The van der Waals surface area contributed by atoms with Crippen molar-refractivity contribution in [1.29, 1.82) is 0 Å². The number of amides is 2. The van der Waals surface area contributed by atoms with Gasteiger partial charge in [0.25, 0.3) is 11.8 Å². The van der Waals surface area contributed by atoms with Gasteiger partial charge in [-0.2, -0.15) is 0 Å². The molecule has 1 fully saturated rings. The zero-order valence-corrected chi connectivity index (χ0v) is 16.4. The van der Waals surface area contributed by atoms with E-state index >= 15 is 0 Å². The Labute approximate surface area is 169 Å². The van der Waals surface area contributed by atoms with Crippen molar-refractivity contribution in [3.05, 3.63) is 64.8 Å². The van der Waals surface area contributed by atoms with Crippen LogP contribution in [0, 0.1) is 0 Å². The Hall–Kier alpha value is -2.79. The van der Waals surface area contributed by atoms with Crippen molar-refractivity contribution in [3.63, 3.8) is 0 Å². The van der Waals surface area contributed by atoms with Crippen molar-refractivity contribution in [2.24, 2.45) is 0 Å². The maximum Gasteiger partial charge on any atom is 0.267 e. The second kappa shape index (κ2) is 7.68. The third-order valence-electron chi connectivity index (χ3n) is 5.17. The molecule has 0 radical (unpaired) electrons. The van der Waals surface area contributed by atoms with Crippen molar-refractivity contribution < 1.29 is 14.3 Å². The van der Waals surface area contributed by atoms with E-state index in [1.165, 1.54) is 11.3 Å². The number of rotatable bonds is 3. The smallest absolute Gasteiger partial charge is 0.267 e. The van der Waals surface area contributed by atoms with Crippen LogP contribution in [0.4, 0.5) is 5.69 Å². The summed E-state index contributed by atoms with van der Waals surface area (Å²) in [5.74, 6) is -0.109. The lowest BCUT2D eigenvalue weighted by molar-refractivity contribution is -0.112. The van der Waals surface area contributed by atoms with Gasteiger partial charge in [-0.15, -0.1) is 0 Å². The van der Waals surface area contributed by atoms with E-state index in [2.05, 4.69) is 4.90 Å². The maximum absolute atomic E-state index is 13.4. The topological polar surface area (TPSA) is 49.9 Å². The number of imide groups is 1. The molecule has 0 unspecified atom stereocenters. The highest BCUT2D eigenvalue weighted by Gasteiger charge is 2.36. The fourth-order valence-corrected chi connectivity index (χ4v) is 3.82. The molecule has 1 saturated heterocycles. The van der Waals surface area contributed by atoms with Crippen LogP contribution in [0.25, 0.3) is 5.57 Å². The standard InChI is InChI=1S/C22H21ClN2O3/c1-28-17-9-10-18-19(13-17)21(26)25(16-7-5-15(23)6-8-16)22(27)20(18)14-24-11-3-2-4-12-24/h5-10,13-14H,2-4,11-12H2,1H3/b20-14+. The molecule has 2 aliphatic heterocycles. The van der Waals surface area contributed by atoms with Crippen molar-refractivity contribution in [1.82, 2.24) is 4.90 Å². The molecule has 0 saturated carbocycles. The molecule has 0 atom stereocenters. The number of fused-ring (bicyclic) bond motifs is 1. The summed E-state index contributed by atoms with van der Waals surface area (Å²) in [5.41, 5.74) is 2.12. The Morgan fingerprint density at radius 2 is 1.64 bits per heavy atom. The molecule has 2 aliphatic rings. The predicted molar refractivity (Wildman–Crippen MR) is 110 cm³/mol. The molecule has 0 aromatic heterocycles. The molecule has 28 heavy (non-hydrogen) atoms. The Kier molecular flexibility index (Phi) is 5.09. The van der Waals surface area contributed by atoms with Crippen molar-refractivity contribution in [2.45, 2.75) is 19.3 Å². The highest BCUT2D eigenvalue weighted by molar-refractivity contribution is 6.41. The Bertz CT molecular complexity index is 947. The minimum absolute atomic E-state index is 0.324. The number of hydrogen-bond acceptors (Lipinski definition) is 4. The molecule has 144 valence electrons. The van der Waals surface area contributed by atoms with Crippen LogP contribution in [0.2, 0.25) is 5.02 Å². The van der Waals surface area contributed by atoms with E-state index in [0.29, 0.717) is 33.2 Å². The van der Waals surface area contributed by atoms with Gasteiger partial charge in [-0.05, 0) is 61.7 Å². The number of likely N-dealkylation sites (tertiary alicyclic amines) is 1. The number of carbonyl (C=O) groups is 2. The van der Waals surface area contributed by atoms with Crippen LogP contribution in [0.5, 0.6) is 5.75 Å². The van der Waals surface area contributed by atoms with Crippen molar-refractivity contribution in [3.8, 4) is 5.75 Å². The first kappa shape index (κ1) is 18.6. The molecule has 2 amide bonds. The lowest BCUT2D eigenvalue weighted by Crippen LogP contribution is -2.42. The van der Waals surface area contributed by atoms with E-state index in [4.69, 9.17) is 16.3 Å². The van der Waals surface area contributed by atoms with Crippen LogP contribution < -0.4 is 9.64 Å². The van der Waals surface area contributed by atoms with Crippen LogP contribution in [0.1, 0.15) is 35.2 Å². The average Bonchev–Trinajstić information content (AvgIpc) is 2.73. The third kappa shape index (κ3) is 3.38. The van der Waals surface area contributed by atoms with Crippen LogP contribution >= 0.6 is 11.6 Å². The second-order valence-corrected chi connectivity index (χ2v) is 7.41. The second-order valence-electron chi connectivity index (χ2n) is 6.97. The molecule has 2 aromatic carbocycles. The number of hydrogen-bond donors (Lipinski definition) is 0. The van der Waals surface area contributed by atoms with E-state index in [1.807, 2.05) is 6.20 Å². The average molecular weight is 397 g/mol. The lowest BCUT2D eigenvalue weighted by atomic mass is 9.93. The van der Waals surface area contributed by atoms with E-state index in [1.54, 1.807) is 49.6 Å². The number of carbonyl (C=O) groups excluding carboxylic acids is 2. The minimum atomic E-state index is -0.364. The van der Waals surface area contributed by atoms with Gasteiger partial charge in [-0.3, -0.25) is 9.59 Å². The Morgan fingerprint density at radius 1 is 0.929 bits per heavy atom. The summed E-state index contributed by atoms with van der Waals surface area (Å²) in [7, 11) is 1.56. The fourth-order valence-electron chi connectivity index (χ4n) is 3.69. The monoisotopic (exact) mass is 396 g/mol. The summed E-state index contributed by atoms with van der Waals surface area (Å²) >= 11 is 5.98. The first-order valence-corrected chi connectivity index (χ1v) is 9.75. The predicted octanol–water partition coefficient (Wildman–Crippen LogP) is 4.36. The highest BCUT2D eigenvalue weighted by Crippen LogP contribution is 2.35. The number of benzene rings is 2. The van der Waals surface area contributed by atoms with Crippen LogP contribution in [0.15, 0.2) is 48.7 Å². The molecule has 6 heteroatoms. The van der Waals surface area contributed by atoms with Gasteiger partial charge in [0.05, 0.1) is 23.9 Å². The zero-order chi connectivity index (χ0) is 19.7. The molecule has 5 nitrogen and oxygen atoms in total. The van der Waals surface area contributed by atoms with Crippen LogP contribution in [0.3, 0.4) is 0 Å². The summed E-state index contributed by atoms with van der Waals surface area (Å²) in [6.07, 6.45) is 5.32. The molecular weight excluding hydrogens is 376 g/mol.